The molecule has 1 unspecified atom stereocenters. The molecule has 1 aromatic carbocycles. The first-order valence-electron chi connectivity index (χ1n) is 9.42. The van der Waals surface area contributed by atoms with Crippen molar-refractivity contribution in [1.82, 2.24) is 24.8 Å². The van der Waals surface area contributed by atoms with E-state index in [1.54, 1.807) is 25.4 Å². The van der Waals surface area contributed by atoms with Gasteiger partial charge in [-0.1, -0.05) is 11.3 Å². The summed E-state index contributed by atoms with van der Waals surface area (Å²) in [5.74, 6) is -0.0248. The largest absolute Gasteiger partial charge is 0.395 e. The van der Waals surface area contributed by atoms with Crippen LogP contribution in [-0.2, 0) is 11.8 Å². The third kappa shape index (κ3) is 3.59. The number of carbonyl (C=O) groups is 1. The molecule has 1 atom stereocenters. The van der Waals surface area contributed by atoms with Gasteiger partial charge in [-0.3, -0.25) is 4.79 Å². The van der Waals surface area contributed by atoms with Crippen LogP contribution in [0.5, 0.6) is 0 Å². The van der Waals surface area contributed by atoms with Crippen molar-refractivity contribution in [1.29, 1.82) is 0 Å². The number of carbonyl (C=O) groups excluding carboxylic acids is 1. The van der Waals surface area contributed by atoms with Gasteiger partial charge in [-0.05, 0) is 25.1 Å². The van der Waals surface area contributed by atoms with Crippen LogP contribution in [0.4, 0.5) is 10.2 Å². The number of thiazole rings is 1. The van der Waals surface area contributed by atoms with Crippen molar-refractivity contribution < 1.29 is 14.3 Å². The second kappa shape index (κ2) is 7.96. The van der Waals surface area contributed by atoms with E-state index in [1.165, 1.54) is 24.3 Å². The fourth-order valence-corrected chi connectivity index (χ4v) is 4.33. The zero-order valence-corrected chi connectivity index (χ0v) is 17.5. The number of aromatic nitrogens is 4. The number of rotatable bonds is 6. The zero-order chi connectivity index (χ0) is 21.4. The molecule has 0 fully saturated rings. The molecule has 1 amide bonds. The lowest BCUT2D eigenvalue weighted by Crippen LogP contribution is -2.24. The van der Waals surface area contributed by atoms with Gasteiger partial charge < -0.3 is 20.3 Å². The molecule has 0 saturated carbocycles. The molecular formula is C20H21FN6O2S. The Labute approximate surface area is 175 Å². The number of pyridine rings is 1. The van der Waals surface area contributed by atoms with E-state index in [1.807, 2.05) is 11.6 Å². The Kier molecular flexibility index (Phi) is 5.35. The first-order valence-corrected chi connectivity index (χ1v) is 10.2. The van der Waals surface area contributed by atoms with Gasteiger partial charge in [-0.25, -0.2) is 19.3 Å². The Morgan fingerprint density at radius 2 is 2.13 bits per heavy atom. The number of nitrogens with zero attached hydrogens (tertiary/aromatic N) is 4. The molecule has 4 rings (SSSR count). The standard InChI is InChI=1S/C20H21FN6O2S/c1-10(24-11(2)29)13-8-12(4-5-14(13)21)19-25-16-17-15(23-9-27(17)3)18(22-6-7-28)26-20(16)30-19/h4-5,8-10,28H,6-7H2,1-3H3,(H,22,26)(H,24,29). The summed E-state index contributed by atoms with van der Waals surface area (Å²) in [4.78, 5) is 25.9. The van der Waals surface area contributed by atoms with Gasteiger partial charge in [-0.2, -0.15) is 0 Å². The summed E-state index contributed by atoms with van der Waals surface area (Å²) in [5.41, 5.74) is 3.35. The van der Waals surface area contributed by atoms with Crippen LogP contribution in [0, 0.1) is 5.82 Å². The molecule has 0 saturated heterocycles. The van der Waals surface area contributed by atoms with Crippen LogP contribution in [0.25, 0.3) is 32.0 Å². The Balaban J connectivity index is 1.83. The number of imidazole rings is 1. The van der Waals surface area contributed by atoms with E-state index >= 15 is 0 Å². The summed E-state index contributed by atoms with van der Waals surface area (Å²) in [6, 6.07) is 4.30. The zero-order valence-electron chi connectivity index (χ0n) is 16.7. The van der Waals surface area contributed by atoms with Gasteiger partial charge >= 0.3 is 0 Å². The second-order valence-electron chi connectivity index (χ2n) is 6.99. The molecule has 8 nitrogen and oxygen atoms in total. The molecule has 30 heavy (non-hydrogen) atoms. The van der Waals surface area contributed by atoms with Crippen LogP contribution in [0.1, 0.15) is 25.5 Å². The first-order chi connectivity index (χ1) is 14.4. The second-order valence-corrected chi connectivity index (χ2v) is 7.97. The van der Waals surface area contributed by atoms with Gasteiger partial charge in [0.25, 0.3) is 0 Å². The van der Waals surface area contributed by atoms with Crippen LogP contribution < -0.4 is 10.6 Å². The number of halogens is 1. The van der Waals surface area contributed by atoms with Crippen molar-refractivity contribution in [3.05, 3.63) is 35.9 Å². The predicted molar refractivity (Wildman–Crippen MR) is 115 cm³/mol. The number of benzene rings is 1. The quantitative estimate of drug-likeness (QED) is 0.436. The normalized spacial score (nSPS) is 12.4. The minimum Gasteiger partial charge on any atom is -0.395 e. The lowest BCUT2D eigenvalue weighted by molar-refractivity contribution is -0.119. The number of nitrogens with one attached hydrogen (secondary N) is 2. The van der Waals surface area contributed by atoms with Crippen molar-refractivity contribution in [2.75, 3.05) is 18.5 Å². The highest BCUT2D eigenvalue weighted by Crippen LogP contribution is 2.36. The molecule has 3 aromatic heterocycles. The van der Waals surface area contributed by atoms with Crippen LogP contribution in [-0.4, -0.2) is 43.7 Å². The molecule has 10 heteroatoms. The van der Waals surface area contributed by atoms with Crippen molar-refractivity contribution in [3.8, 4) is 10.6 Å². The van der Waals surface area contributed by atoms with E-state index in [4.69, 9.17) is 10.1 Å². The molecular weight excluding hydrogens is 407 g/mol. The number of fused-ring (bicyclic) bond motifs is 3. The average molecular weight is 428 g/mol. The van der Waals surface area contributed by atoms with Crippen molar-refractivity contribution >= 4 is 44.4 Å². The van der Waals surface area contributed by atoms with Crippen molar-refractivity contribution in [3.63, 3.8) is 0 Å². The monoisotopic (exact) mass is 428 g/mol. The Morgan fingerprint density at radius 1 is 1.33 bits per heavy atom. The maximum Gasteiger partial charge on any atom is 0.217 e. The number of hydrogen-bond acceptors (Lipinski definition) is 7. The molecule has 3 heterocycles. The third-order valence-corrected chi connectivity index (χ3v) is 5.74. The number of anilines is 1. The molecule has 0 aliphatic rings. The van der Waals surface area contributed by atoms with E-state index in [0.29, 0.717) is 38.8 Å². The van der Waals surface area contributed by atoms with Crippen LogP contribution in [0.3, 0.4) is 0 Å². The van der Waals surface area contributed by atoms with Gasteiger partial charge in [0.05, 0.1) is 19.0 Å². The van der Waals surface area contributed by atoms with Crippen LogP contribution in [0.15, 0.2) is 24.5 Å². The van der Waals surface area contributed by atoms with Gasteiger partial charge in [0.1, 0.15) is 32.2 Å². The maximum absolute atomic E-state index is 14.4. The van der Waals surface area contributed by atoms with Gasteiger partial charge in [0.2, 0.25) is 5.91 Å². The highest BCUT2D eigenvalue weighted by Gasteiger charge is 2.19. The van der Waals surface area contributed by atoms with Crippen molar-refractivity contribution in [2.45, 2.75) is 19.9 Å². The number of amides is 1. The molecule has 0 radical (unpaired) electrons. The number of hydrogen-bond donors (Lipinski definition) is 3. The fourth-order valence-electron chi connectivity index (χ4n) is 3.39. The Morgan fingerprint density at radius 3 is 2.87 bits per heavy atom. The van der Waals surface area contributed by atoms with Gasteiger partial charge in [-0.15, -0.1) is 0 Å². The summed E-state index contributed by atoms with van der Waals surface area (Å²) < 4.78 is 16.2. The van der Waals surface area contributed by atoms with Crippen LogP contribution in [0.2, 0.25) is 0 Å². The lowest BCUT2D eigenvalue weighted by atomic mass is 10.0. The summed E-state index contributed by atoms with van der Waals surface area (Å²) in [7, 11) is 1.88. The molecule has 0 bridgehead atoms. The molecule has 0 aliphatic carbocycles. The SMILES string of the molecule is CC(=O)NC(C)c1cc(-c2nc3c(nc(NCCO)c4ncn(C)c43)s2)ccc1F. The highest BCUT2D eigenvalue weighted by atomic mass is 32.1. The minimum atomic E-state index is -0.465. The fraction of sp³-hybridized carbons (Fsp3) is 0.300. The maximum atomic E-state index is 14.4. The molecule has 0 spiro atoms. The molecule has 4 aromatic rings. The van der Waals surface area contributed by atoms with E-state index in [0.717, 1.165) is 11.1 Å². The summed E-state index contributed by atoms with van der Waals surface area (Å²) in [6.45, 7) is 3.48. The first kappa shape index (κ1) is 20.2. The predicted octanol–water partition coefficient (Wildman–Crippen LogP) is 2.99. The summed E-state index contributed by atoms with van der Waals surface area (Å²) >= 11 is 1.39. The smallest absolute Gasteiger partial charge is 0.217 e. The number of aliphatic hydroxyl groups is 1. The Bertz CT molecular complexity index is 1250. The average Bonchev–Trinajstić information content (AvgIpc) is 3.29. The third-order valence-electron chi connectivity index (χ3n) is 4.74. The summed E-state index contributed by atoms with van der Waals surface area (Å²) in [6.07, 6.45) is 1.69. The number of aryl methyl sites for hydroxylation is 1. The van der Waals surface area contributed by atoms with E-state index in [-0.39, 0.29) is 18.3 Å². The molecule has 156 valence electrons. The topological polar surface area (TPSA) is 105 Å². The van der Waals surface area contributed by atoms with Gasteiger partial charge in [0, 0.05) is 31.6 Å². The highest BCUT2D eigenvalue weighted by molar-refractivity contribution is 7.21. The van der Waals surface area contributed by atoms with E-state index in [2.05, 4.69) is 20.6 Å². The lowest BCUT2D eigenvalue weighted by Gasteiger charge is -2.14. The van der Waals surface area contributed by atoms with Crippen LogP contribution >= 0.6 is 11.3 Å². The van der Waals surface area contributed by atoms with Gasteiger partial charge in [0.15, 0.2) is 5.82 Å². The number of aliphatic hydroxyl groups excluding tert-OH is 1. The Hall–Kier alpha value is -3.11. The molecule has 3 N–H and O–H groups in total. The van der Waals surface area contributed by atoms with E-state index < -0.39 is 6.04 Å². The van der Waals surface area contributed by atoms with E-state index in [9.17, 15) is 9.18 Å². The minimum absolute atomic E-state index is 0.0210. The van der Waals surface area contributed by atoms with Crippen molar-refractivity contribution in [2.24, 2.45) is 7.05 Å². The summed E-state index contributed by atoms with van der Waals surface area (Å²) in [5, 5.41) is 15.6. The molecule has 0 aliphatic heterocycles.